The summed E-state index contributed by atoms with van der Waals surface area (Å²) in [6, 6.07) is 9.00. The van der Waals surface area contributed by atoms with Crippen LogP contribution in [0.3, 0.4) is 0 Å². The van der Waals surface area contributed by atoms with Crippen LogP contribution in [0.1, 0.15) is 36.6 Å². The third kappa shape index (κ3) is 3.19. The summed E-state index contributed by atoms with van der Waals surface area (Å²) in [5.41, 5.74) is 1.06. The van der Waals surface area contributed by atoms with Gasteiger partial charge in [-0.05, 0) is 40.9 Å². The van der Waals surface area contributed by atoms with Gasteiger partial charge in [-0.3, -0.25) is 9.48 Å². The van der Waals surface area contributed by atoms with Crippen molar-refractivity contribution in [3.05, 3.63) is 46.2 Å². The van der Waals surface area contributed by atoms with Crippen LogP contribution in [0, 0.1) is 0 Å². The second-order valence-corrected chi connectivity index (χ2v) is 6.02. The van der Waals surface area contributed by atoms with E-state index in [1.165, 1.54) is 4.68 Å². The van der Waals surface area contributed by atoms with Gasteiger partial charge in [0.15, 0.2) is 0 Å². The molecule has 0 aliphatic heterocycles. The number of hydrogen-bond acceptors (Lipinski definition) is 2. The van der Waals surface area contributed by atoms with Crippen molar-refractivity contribution in [1.29, 1.82) is 0 Å². The monoisotopic (exact) mass is 369 g/mol. The van der Waals surface area contributed by atoms with Gasteiger partial charge in [-0.1, -0.05) is 18.2 Å². The van der Waals surface area contributed by atoms with Gasteiger partial charge in [0.2, 0.25) is 5.91 Å². The average molecular weight is 370 g/mol. The fourth-order valence-electron chi connectivity index (χ4n) is 2.34. The fourth-order valence-corrected chi connectivity index (χ4v) is 3.12. The zero-order valence-corrected chi connectivity index (χ0v) is 13.2. The van der Waals surface area contributed by atoms with E-state index in [1.807, 2.05) is 18.2 Å². The van der Waals surface area contributed by atoms with E-state index in [2.05, 4.69) is 26.3 Å². The van der Waals surface area contributed by atoms with Crippen LogP contribution < -0.4 is 5.32 Å². The molecule has 0 bridgehead atoms. The first-order chi connectivity index (χ1) is 10.6. The molecule has 1 aromatic heterocycles. The van der Waals surface area contributed by atoms with Crippen LogP contribution in [0.2, 0.25) is 0 Å². The molecule has 22 heavy (non-hydrogen) atoms. The predicted octanol–water partition coefficient (Wildman–Crippen LogP) is 4.10. The van der Waals surface area contributed by atoms with Crippen LogP contribution in [0.15, 0.2) is 34.8 Å². The van der Waals surface area contributed by atoms with E-state index in [0.717, 1.165) is 12.8 Å². The van der Waals surface area contributed by atoms with E-state index >= 15 is 0 Å². The molecule has 1 aliphatic carbocycles. The Morgan fingerprint density at radius 1 is 1.36 bits per heavy atom. The molecule has 1 aliphatic rings. The SMILES string of the molecule is O=C(Cn1nc(C(F)F)c(Br)c1C1CC1)Nc1ccccc1. The average Bonchev–Trinajstić information content (AvgIpc) is 3.25. The van der Waals surface area contributed by atoms with Gasteiger partial charge in [0, 0.05) is 11.6 Å². The molecule has 1 aromatic carbocycles. The molecule has 0 spiro atoms. The van der Waals surface area contributed by atoms with Gasteiger partial charge < -0.3 is 5.32 Å². The molecule has 1 heterocycles. The van der Waals surface area contributed by atoms with Gasteiger partial charge in [-0.2, -0.15) is 5.10 Å². The first kappa shape index (κ1) is 15.1. The van der Waals surface area contributed by atoms with Crippen LogP contribution in [-0.4, -0.2) is 15.7 Å². The first-order valence-electron chi connectivity index (χ1n) is 6.95. The maximum Gasteiger partial charge on any atom is 0.283 e. The van der Waals surface area contributed by atoms with Crippen molar-refractivity contribution in [2.75, 3.05) is 5.32 Å². The highest BCUT2D eigenvalue weighted by Crippen LogP contribution is 2.45. The molecule has 2 aromatic rings. The van der Waals surface area contributed by atoms with Gasteiger partial charge in [0.1, 0.15) is 12.2 Å². The lowest BCUT2D eigenvalue weighted by Gasteiger charge is -2.08. The molecule has 0 unspecified atom stereocenters. The third-order valence-electron chi connectivity index (χ3n) is 3.48. The van der Waals surface area contributed by atoms with Crippen molar-refractivity contribution >= 4 is 27.5 Å². The number of nitrogens with zero attached hydrogens (tertiary/aromatic N) is 2. The van der Waals surface area contributed by atoms with Gasteiger partial charge in [0.05, 0.1) is 10.2 Å². The number of nitrogens with one attached hydrogen (secondary N) is 1. The van der Waals surface area contributed by atoms with Crippen LogP contribution >= 0.6 is 15.9 Å². The van der Waals surface area contributed by atoms with Gasteiger partial charge in [0.25, 0.3) is 6.43 Å². The lowest BCUT2D eigenvalue weighted by Crippen LogP contribution is -2.20. The summed E-state index contributed by atoms with van der Waals surface area (Å²) in [5, 5.41) is 6.64. The summed E-state index contributed by atoms with van der Waals surface area (Å²) >= 11 is 3.21. The van der Waals surface area contributed by atoms with E-state index < -0.39 is 6.43 Å². The van der Waals surface area contributed by atoms with Crippen molar-refractivity contribution in [2.45, 2.75) is 31.7 Å². The molecule has 0 radical (unpaired) electrons. The highest BCUT2D eigenvalue weighted by molar-refractivity contribution is 9.10. The van der Waals surface area contributed by atoms with Crippen LogP contribution in [0.4, 0.5) is 14.5 Å². The molecule has 1 amide bonds. The maximum atomic E-state index is 13.0. The molecule has 3 rings (SSSR count). The Hall–Kier alpha value is -1.76. The molecule has 7 heteroatoms. The van der Waals surface area contributed by atoms with Crippen LogP contribution in [-0.2, 0) is 11.3 Å². The highest BCUT2D eigenvalue weighted by atomic mass is 79.9. The standard InChI is InChI=1S/C15H14BrF2N3O/c16-12-13(15(17)18)20-21(14(12)9-6-7-9)8-11(22)19-10-4-2-1-3-5-10/h1-5,9,15H,6-8H2,(H,19,22). The largest absolute Gasteiger partial charge is 0.324 e. The normalized spacial score (nSPS) is 14.4. The van der Waals surface area contributed by atoms with Crippen molar-refractivity contribution in [2.24, 2.45) is 0 Å². The van der Waals surface area contributed by atoms with Crippen molar-refractivity contribution in [1.82, 2.24) is 9.78 Å². The number of para-hydroxylation sites is 1. The quantitative estimate of drug-likeness (QED) is 0.862. The third-order valence-corrected chi connectivity index (χ3v) is 4.29. The molecule has 0 atom stereocenters. The molecule has 116 valence electrons. The Balaban J connectivity index is 1.79. The smallest absolute Gasteiger partial charge is 0.283 e. The molecule has 1 fully saturated rings. The van der Waals surface area contributed by atoms with E-state index in [9.17, 15) is 13.6 Å². The second kappa shape index (κ2) is 6.16. The Morgan fingerprint density at radius 3 is 2.64 bits per heavy atom. The zero-order chi connectivity index (χ0) is 15.7. The number of anilines is 1. The minimum Gasteiger partial charge on any atom is -0.324 e. The topological polar surface area (TPSA) is 46.9 Å². The molecular formula is C15H14BrF2N3O. The van der Waals surface area contributed by atoms with Gasteiger partial charge >= 0.3 is 0 Å². The fraction of sp³-hybridized carbons (Fsp3) is 0.333. The molecule has 1 saturated carbocycles. The minimum absolute atomic E-state index is 0.0773. The molecule has 1 N–H and O–H groups in total. The Morgan fingerprint density at radius 2 is 2.05 bits per heavy atom. The van der Waals surface area contributed by atoms with Crippen LogP contribution in [0.25, 0.3) is 0 Å². The van der Waals surface area contributed by atoms with E-state index in [1.54, 1.807) is 12.1 Å². The zero-order valence-electron chi connectivity index (χ0n) is 11.6. The lowest BCUT2D eigenvalue weighted by molar-refractivity contribution is -0.117. The number of benzene rings is 1. The first-order valence-corrected chi connectivity index (χ1v) is 7.74. The number of amides is 1. The van der Waals surface area contributed by atoms with Gasteiger partial charge in [-0.15, -0.1) is 0 Å². The number of halogens is 3. The number of rotatable bonds is 5. The second-order valence-electron chi connectivity index (χ2n) is 5.23. The maximum absolute atomic E-state index is 13.0. The van der Waals surface area contributed by atoms with E-state index in [-0.39, 0.29) is 24.1 Å². The number of aromatic nitrogens is 2. The summed E-state index contributed by atoms with van der Waals surface area (Å²) in [6.07, 6.45) is -0.786. The lowest BCUT2D eigenvalue weighted by atomic mass is 10.2. The van der Waals surface area contributed by atoms with Crippen molar-refractivity contribution in [3.8, 4) is 0 Å². The summed E-state index contributed by atoms with van der Waals surface area (Å²) < 4.78 is 27.7. The molecular weight excluding hydrogens is 356 g/mol. The number of carbonyl (C=O) groups is 1. The summed E-state index contributed by atoms with van der Waals surface area (Å²) in [4.78, 5) is 12.1. The van der Waals surface area contributed by atoms with E-state index in [0.29, 0.717) is 15.9 Å². The molecule has 4 nitrogen and oxygen atoms in total. The highest BCUT2D eigenvalue weighted by Gasteiger charge is 2.34. The predicted molar refractivity (Wildman–Crippen MR) is 81.9 cm³/mol. The summed E-state index contributed by atoms with van der Waals surface area (Å²) in [5.74, 6) is -0.0807. The summed E-state index contributed by atoms with van der Waals surface area (Å²) in [6.45, 7) is -0.0773. The minimum atomic E-state index is -2.66. The van der Waals surface area contributed by atoms with E-state index in [4.69, 9.17) is 0 Å². The van der Waals surface area contributed by atoms with Crippen molar-refractivity contribution < 1.29 is 13.6 Å². The summed E-state index contributed by atoms with van der Waals surface area (Å²) in [7, 11) is 0. The van der Waals surface area contributed by atoms with Crippen molar-refractivity contribution in [3.63, 3.8) is 0 Å². The Kier molecular flexibility index (Phi) is 4.24. The number of carbonyl (C=O) groups excluding carboxylic acids is 1. The number of hydrogen-bond donors (Lipinski definition) is 1. The number of alkyl halides is 2. The Labute approximate surface area is 134 Å². The van der Waals surface area contributed by atoms with Crippen LogP contribution in [0.5, 0.6) is 0 Å². The molecule has 0 saturated heterocycles. The Bertz CT molecular complexity index is 684. The van der Waals surface area contributed by atoms with Gasteiger partial charge in [-0.25, -0.2) is 8.78 Å².